The Balaban J connectivity index is 2.46. The summed E-state index contributed by atoms with van der Waals surface area (Å²) in [5, 5.41) is 11.6. The van der Waals surface area contributed by atoms with Gasteiger partial charge >= 0.3 is 12.0 Å². The third-order valence-electron chi connectivity index (χ3n) is 3.37. The highest BCUT2D eigenvalue weighted by Gasteiger charge is 2.33. The fourth-order valence-electron chi connectivity index (χ4n) is 2.14. The Hall–Kier alpha value is -1.26. The van der Waals surface area contributed by atoms with Crippen molar-refractivity contribution in [3.05, 3.63) is 0 Å². The van der Waals surface area contributed by atoms with Crippen LogP contribution in [0.25, 0.3) is 0 Å². The summed E-state index contributed by atoms with van der Waals surface area (Å²) in [5.74, 6) is -0.834. The van der Waals surface area contributed by atoms with E-state index in [4.69, 9.17) is 5.11 Å². The highest BCUT2D eigenvalue weighted by molar-refractivity contribution is 5.75. The maximum atomic E-state index is 12.1. The van der Waals surface area contributed by atoms with Crippen LogP contribution in [0.4, 0.5) is 4.79 Å². The average Bonchev–Trinajstić information content (AvgIpc) is 2.55. The smallest absolute Gasteiger partial charge is 0.317 e. The number of likely N-dealkylation sites (tertiary alicyclic amines) is 1. The van der Waals surface area contributed by atoms with E-state index in [0.29, 0.717) is 6.42 Å². The summed E-state index contributed by atoms with van der Waals surface area (Å²) < 4.78 is 0. The zero-order valence-electron chi connectivity index (χ0n) is 11.7. The number of urea groups is 1. The number of carbonyl (C=O) groups is 2. The summed E-state index contributed by atoms with van der Waals surface area (Å²) in [6.45, 7) is 9.54. The molecule has 5 nitrogen and oxygen atoms in total. The van der Waals surface area contributed by atoms with Crippen LogP contribution in [-0.2, 0) is 4.79 Å². The zero-order valence-corrected chi connectivity index (χ0v) is 11.7. The lowest BCUT2D eigenvalue weighted by Crippen LogP contribution is -2.49. The molecule has 0 bridgehead atoms. The van der Waals surface area contributed by atoms with E-state index in [1.165, 1.54) is 0 Å². The SMILES string of the molecule is CC1(C)CCN(C(=O)NC(C)(C)CCC(=O)O)C1. The van der Waals surface area contributed by atoms with Crippen molar-refractivity contribution in [2.45, 2.75) is 52.5 Å². The second kappa shape index (κ2) is 5.16. The number of hydrogen-bond donors (Lipinski definition) is 2. The van der Waals surface area contributed by atoms with Crippen LogP contribution in [0.2, 0.25) is 0 Å². The van der Waals surface area contributed by atoms with Crippen LogP contribution in [0, 0.1) is 5.41 Å². The molecule has 1 rings (SSSR count). The number of amides is 2. The fourth-order valence-corrected chi connectivity index (χ4v) is 2.14. The van der Waals surface area contributed by atoms with Crippen LogP contribution in [0.5, 0.6) is 0 Å². The predicted octanol–water partition coefficient (Wildman–Crippen LogP) is 2.07. The molecule has 0 aromatic rings. The second-order valence-corrected chi connectivity index (χ2v) is 6.54. The van der Waals surface area contributed by atoms with Crippen LogP contribution in [0.1, 0.15) is 47.0 Å². The van der Waals surface area contributed by atoms with E-state index in [0.717, 1.165) is 19.5 Å². The molecule has 1 aliphatic rings. The van der Waals surface area contributed by atoms with Gasteiger partial charge in [-0.1, -0.05) is 13.8 Å². The van der Waals surface area contributed by atoms with Gasteiger partial charge < -0.3 is 15.3 Å². The summed E-state index contributed by atoms with van der Waals surface area (Å²) >= 11 is 0. The number of nitrogens with zero attached hydrogens (tertiary/aromatic N) is 1. The number of carboxylic acids is 1. The molecule has 1 fully saturated rings. The van der Waals surface area contributed by atoms with Crippen LogP contribution in [-0.4, -0.2) is 40.6 Å². The largest absolute Gasteiger partial charge is 0.481 e. The zero-order chi connectivity index (χ0) is 14.0. The number of nitrogens with one attached hydrogen (secondary N) is 1. The maximum Gasteiger partial charge on any atom is 0.317 e. The minimum Gasteiger partial charge on any atom is -0.481 e. The molecule has 104 valence electrons. The molecule has 1 aliphatic heterocycles. The molecule has 0 atom stereocenters. The van der Waals surface area contributed by atoms with Gasteiger partial charge in [0.2, 0.25) is 0 Å². The van der Waals surface area contributed by atoms with Crippen molar-refractivity contribution >= 4 is 12.0 Å². The molecule has 1 heterocycles. The lowest BCUT2D eigenvalue weighted by molar-refractivity contribution is -0.137. The monoisotopic (exact) mass is 256 g/mol. The molecule has 0 spiro atoms. The van der Waals surface area contributed by atoms with Crippen molar-refractivity contribution in [3.8, 4) is 0 Å². The molecule has 2 N–H and O–H groups in total. The minimum absolute atomic E-state index is 0.0682. The van der Waals surface area contributed by atoms with Crippen LogP contribution in [0.15, 0.2) is 0 Å². The van der Waals surface area contributed by atoms with Crippen LogP contribution >= 0.6 is 0 Å². The Morgan fingerprint density at radius 2 is 2.00 bits per heavy atom. The van der Waals surface area contributed by atoms with Gasteiger partial charge in [0.1, 0.15) is 0 Å². The van der Waals surface area contributed by atoms with E-state index in [9.17, 15) is 9.59 Å². The molecule has 0 aromatic heterocycles. The maximum absolute atomic E-state index is 12.1. The highest BCUT2D eigenvalue weighted by Crippen LogP contribution is 2.29. The van der Waals surface area contributed by atoms with E-state index in [2.05, 4.69) is 19.2 Å². The van der Waals surface area contributed by atoms with Gasteiger partial charge in [-0.25, -0.2) is 4.79 Å². The van der Waals surface area contributed by atoms with Gasteiger partial charge in [0, 0.05) is 25.0 Å². The van der Waals surface area contributed by atoms with Crippen molar-refractivity contribution in [1.82, 2.24) is 10.2 Å². The number of carboxylic acid groups (broad SMARTS) is 1. The summed E-state index contributed by atoms with van der Waals surface area (Å²) in [5.41, 5.74) is -0.301. The molecule has 5 heteroatoms. The molecule has 0 unspecified atom stereocenters. The van der Waals surface area contributed by atoms with Gasteiger partial charge in [-0.05, 0) is 32.1 Å². The third-order valence-corrected chi connectivity index (χ3v) is 3.37. The van der Waals surface area contributed by atoms with Gasteiger partial charge in [-0.15, -0.1) is 0 Å². The van der Waals surface area contributed by atoms with Crippen LogP contribution < -0.4 is 5.32 Å². The quantitative estimate of drug-likeness (QED) is 0.809. The van der Waals surface area contributed by atoms with Crippen molar-refractivity contribution in [2.75, 3.05) is 13.1 Å². The molecular formula is C13H24N2O3. The molecule has 0 saturated carbocycles. The molecule has 0 aromatic carbocycles. The van der Waals surface area contributed by atoms with E-state index in [1.54, 1.807) is 0 Å². The van der Waals surface area contributed by atoms with Crippen molar-refractivity contribution in [3.63, 3.8) is 0 Å². The Bertz CT molecular complexity index is 337. The second-order valence-electron chi connectivity index (χ2n) is 6.54. The topological polar surface area (TPSA) is 69.6 Å². The molecule has 1 saturated heterocycles. The van der Waals surface area contributed by atoms with Crippen molar-refractivity contribution in [2.24, 2.45) is 5.41 Å². The van der Waals surface area contributed by atoms with E-state index >= 15 is 0 Å². The lowest BCUT2D eigenvalue weighted by atomic mass is 9.93. The Labute approximate surface area is 109 Å². The number of hydrogen-bond acceptors (Lipinski definition) is 2. The third kappa shape index (κ3) is 4.55. The summed E-state index contributed by atoms with van der Waals surface area (Å²) in [6, 6.07) is -0.0871. The first-order valence-corrected chi connectivity index (χ1v) is 6.40. The molecule has 18 heavy (non-hydrogen) atoms. The molecule has 0 aliphatic carbocycles. The van der Waals surface area contributed by atoms with Crippen molar-refractivity contribution < 1.29 is 14.7 Å². The lowest BCUT2D eigenvalue weighted by Gasteiger charge is -2.29. The van der Waals surface area contributed by atoms with Crippen molar-refractivity contribution in [1.29, 1.82) is 0 Å². The average molecular weight is 256 g/mol. The normalized spacial score (nSPS) is 18.8. The van der Waals surface area contributed by atoms with Gasteiger partial charge in [-0.2, -0.15) is 0 Å². The number of rotatable bonds is 4. The first-order valence-electron chi connectivity index (χ1n) is 6.40. The number of aliphatic carboxylic acids is 1. The molecule has 2 amide bonds. The fraction of sp³-hybridized carbons (Fsp3) is 0.846. The van der Waals surface area contributed by atoms with Crippen LogP contribution in [0.3, 0.4) is 0 Å². The first kappa shape index (κ1) is 14.8. The standard InChI is InChI=1S/C13H24N2O3/c1-12(2)7-8-15(9-12)11(18)14-13(3,4)6-5-10(16)17/h5-9H2,1-4H3,(H,14,18)(H,16,17). The summed E-state index contributed by atoms with van der Waals surface area (Å²) in [4.78, 5) is 24.4. The van der Waals surface area contributed by atoms with Gasteiger partial charge in [-0.3, -0.25) is 4.79 Å². The Morgan fingerprint density at radius 3 is 2.44 bits per heavy atom. The minimum atomic E-state index is -0.834. The van der Waals surface area contributed by atoms with Gasteiger partial charge in [0.15, 0.2) is 0 Å². The molecule has 0 radical (unpaired) electrons. The summed E-state index contributed by atoms with van der Waals surface area (Å²) in [7, 11) is 0. The Morgan fingerprint density at radius 1 is 1.39 bits per heavy atom. The molecular weight excluding hydrogens is 232 g/mol. The predicted molar refractivity (Wildman–Crippen MR) is 69.5 cm³/mol. The number of carbonyl (C=O) groups excluding carboxylic acids is 1. The Kier molecular flexibility index (Phi) is 4.24. The summed E-state index contributed by atoms with van der Waals surface area (Å²) in [6.07, 6.45) is 1.51. The van der Waals surface area contributed by atoms with E-state index in [-0.39, 0.29) is 17.9 Å². The van der Waals surface area contributed by atoms with Gasteiger partial charge in [0.25, 0.3) is 0 Å². The first-order chi connectivity index (χ1) is 8.11. The van der Waals surface area contributed by atoms with E-state index in [1.807, 2.05) is 18.7 Å². The van der Waals surface area contributed by atoms with E-state index < -0.39 is 11.5 Å². The van der Waals surface area contributed by atoms with Gasteiger partial charge in [0.05, 0.1) is 0 Å². The highest BCUT2D eigenvalue weighted by atomic mass is 16.4.